The van der Waals surface area contributed by atoms with Crippen LogP contribution >= 0.6 is 0 Å². The maximum absolute atomic E-state index is 5.78. The molecule has 2 aromatic rings. The monoisotopic (exact) mass is 413 g/mol. The van der Waals surface area contributed by atoms with Gasteiger partial charge in [-0.2, -0.15) is 0 Å². The average Bonchev–Trinajstić information content (AvgIpc) is 3.07. The van der Waals surface area contributed by atoms with E-state index in [0.717, 1.165) is 30.7 Å². The van der Waals surface area contributed by atoms with E-state index >= 15 is 0 Å². The molecule has 0 saturated carbocycles. The van der Waals surface area contributed by atoms with Gasteiger partial charge >= 0.3 is 0 Å². The lowest BCUT2D eigenvalue weighted by atomic mass is 9.97. The summed E-state index contributed by atoms with van der Waals surface area (Å²) in [6.45, 7) is 7.66. The van der Waals surface area contributed by atoms with Gasteiger partial charge in [-0.25, -0.2) is 0 Å². The Hall–Kier alpha value is -2.76. The molecular formula is C24H35N3O3. The number of ether oxygens (including phenoxy) is 2. The smallest absolute Gasteiger partial charge is 0.233 e. The third-order valence-electron chi connectivity index (χ3n) is 5.01. The van der Waals surface area contributed by atoms with Crippen LogP contribution in [0.4, 0.5) is 0 Å². The Morgan fingerprint density at radius 2 is 1.77 bits per heavy atom. The second-order valence-corrected chi connectivity index (χ2v) is 7.38. The zero-order valence-corrected chi connectivity index (χ0v) is 19.0. The third-order valence-corrected chi connectivity index (χ3v) is 5.01. The molecule has 0 spiro atoms. The van der Waals surface area contributed by atoms with Crippen molar-refractivity contribution in [3.63, 3.8) is 0 Å². The van der Waals surface area contributed by atoms with Crippen LogP contribution in [-0.2, 0) is 18.3 Å². The first kappa shape index (κ1) is 23.5. The molecule has 0 radical (unpaired) electrons. The van der Waals surface area contributed by atoms with Crippen LogP contribution < -0.4 is 9.47 Å². The van der Waals surface area contributed by atoms with Crippen molar-refractivity contribution in [2.24, 2.45) is 12.2 Å². The van der Waals surface area contributed by atoms with E-state index in [0.29, 0.717) is 19.1 Å². The number of hydrogen-bond donors (Lipinski definition) is 0. The first-order valence-corrected chi connectivity index (χ1v) is 10.6. The van der Waals surface area contributed by atoms with Gasteiger partial charge in [0.1, 0.15) is 19.5 Å². The van der Waals surface area contributed by atoms with Crippen molar-refractivity contribution in [2.45, 2.75) is 52.9 Å². The van der Waals surface area contributed by atoms with Crippen LogP contribution in [0.1, 0.15) is 55.0 Å². The maximum Gasteiger partial charge on any atom is 0.233 e. The topological polar surface area (TPSA) is 57.9 Å². The van der Waals surface area contributed by atoms with Gasteiger partial charge in [0.25, 0.3) is 0 Å². The molecule has 0 aliphatic rings. The van der Waals surface area contributed by atoms with Crippen LogP contribution in [0.5, 0.6) is 11.6 Å². The van der Waals surface area contributed by atoms with Gasteiger partial charge in [-0.15, -0.1) is 5.10 Å². The summed E-state index contributed by atoms with van der Waals surface area (Å²) < 4.78 is 13.2. The normalized spacial score (nSPS) is 11.5. The minimum Gasteiger partial charge on any atom is -0.490 e. The molecule has 0 fully saturated rings. The molecule has 6 nitrogen and oxygen atoms in total. The number of hydrogen-bond acceptors (Lipinski definition) is 5. The number of oxime groups is 1. The molecule has 6 heteroatoms. The van der Waals surface area contributed by atoms with Crippen molar-refractivity contribution in [3.8, 4) is 11.6 Å². The van der Waals surface area contributed by atoms with Crippen LogP contribution in [0.25, 0.3) is 0 Å². The molecule has 1 aromatic carbocycles. The highest BCUT2D eigenvalue weighted by molar-refractivity contribution is 5.77. The molecule has 2 rings (SSSR count). The Balaban J connectivity index is 1.67. The van der Waals surface area contributed by atoms with Crippen LogP contribution in [-0.4, -0.2) is 36.3 Å². The quantitative estimate of drug-likeness (QED) is 0.197. The SMILES string of the molecule is C/C=C/COc1cc(C)c(CCCCCCOc2cc(/C=N/OC)n(C)n2)c(C)c1. The number of unbranched alkanes of at least 4 members (excludes halogenated alkanes) is 3. The highest BCUT2D eigenvalue weighted by Crippen LogP contribution is 2.24. The number of benzene rings is 1. The molecule has 0 amide bonds. The van der Waals surface area contributed by atoms with Crippen molar-refractivity contribution >= 4 is 6.21 Å². The Bertz CT molecular complexity index is 817. The average molecular weight is 414 g/mol. The number of allylic oxidation sites excluding steroid dienone is 1. The molecule has 1 heterocycles. The van der Waals surface area contributed by atoms with Crippen LogP contribution in [0, 0.1) is 13.8 Å². The van der Waals surface area contributed by atoms with Crippen molar-refractivity contribution in [1.82, 2.24) is 9.78 Å². The first-order chi connectivity index (χ1) is 14.5. The summed E-state index contributed by atoms with van der Waals surface area (Å²) in [6, 6.07) is 6.16. The standard InChI is InChI=1S/C24H35N3O3/c1-6-7-13-29-22-15-19(2)23(20(3)16-22)12-10-8-9-11-14-30-24-17-21(18-25-28-5)27(4)26-24/h6-7,15-18H,8-14H2,1-5H3/b7-6+,25-18+. The van der Waals surface area contributed by atoms with Gasteiger partial charge in [-0.1, -0.05) is 30.1 Å². The summed E-state index contributed by atoms with van der Waals surface area (Å²) in [5.41, 5.74) is 4.92. The fraction of sp³-hybridized carbons (Fsp3) is 0.500. The highest BCUT2D eigenvalue weighted by Gasteiger charge is 2.07. The zero-order chi connectivity index (χ0) is 21.8. The van der Waals surface area contributed by atoms with Crippen molar-refractivity contribution < 1.29 is 14.3 Å². The van der Waals surface area contributed by atoms with E-state index < -0.39 is 0 Å². The Morgan fingerprint density at radius 1 is 1.03 bits per heavy atom. The first-order valence-electron chi connectivity index (χ1n) is 10.6. The Kier molecular flexibility index (Phi) is 9.98. The second kappa shape index (κ2) is 12.7. The molecule has 0 atom stereocenters. The van der Waals surface area contributed by atoms with Crippen molar-refractivity contribution in [3.05, 3.63) is 52.7 Å². The summed E-state index contributed by atoms with van der Waals surface area (Å²) in [5, 5.41) is 8.07. The Labute approximate surface area is 180 Å². The van der Waals surface area contributed by atoms with Crippen molar-refractivity contribution in [2.75, 3.05) is 20.3 Å². The number of nitrogens with zero attached hydrogens (tertiary/aromatic N) is 3. The lowest BCUT2D eigenvalue weighted by Crippen LogP contribution is -2.00. The summed E-state index contributed by atoms with van der Waals surface area (Å²) in [5.74, 6) is 1.58. The fourth-order valence-electron chi connectivity index (χ4n) is 3.36. The summed E-state index contributed by atoms with van der Waals surface area (Å²) in [7, 11) is 3.37. The molecule has 0 aliphatic carbocycles. The fourth-order valence-corrected chi connectivity index (χ4v) is 3.36. The number of rotatable bonds is 13. The minimum absolute atomic E-state index is 0.622. The van der Waals surface area contributed by atoms with Crippen LogP contribution in [0.15, 0.2) is 35.5 Å². The van der Waals surface area contributed by atoms with Gasteiger partial charge < -0.3 is 14.3 Å². The van der Waals surface area contributed by atoms with Crippen LogP contribution in [0.2, 0.25) is 0 Å². The van der Waals surface area contributed by atoms with E-state index in [1.165, 1.54) is 36.6 Å². The van der Waals surface area contributed by atoms with E-state index in [1.54, 1.807) is 10.9 Å². The van der Waals surface area contributed by atoms with Gasteiger partial charge in [0, 0.05) is 13.1 Å². The molecular weight excluding hydrogens is 378 g/mol. The third kappa shape index (κ3) is 7.58. The molecule has 30 heavy (non-hydrogen) atoms. The van der Waals surface area contributed by atoms with E-state index in [-0.39, 0.29) is 0 Å². The number of aromatic nitrogens is 2. The zero-order valence-electron chi connectivity index (χ0n) is 19.0. The van der Waals surface area contributed by atoms with Gasteiger partial charge in [-0.05, 0) is 68.9 Å². The van der Waals surface area contributed by atoms with E-state index in [9.17, 15) is 0 Å². The molecule has 0 N–H and O–H groups in total. The lowest BCUT2D eigenvalue weighted by Gasteiger charge is -2.13. The summed E-state index contributed by atoms with van der Waals surface area (Å²) >= 11 is 0. The predicted molar refractivity (Wildman–Crippen MR) is 122 cm³/mol. The van der Waals surface area contributed by atoms with Gasteiger partial charge in [0.05, 0.1) is 18.5 Å². The Morgan fingerprint density at radius 3 is 2.47 bits per heavy atom. The molecule has 0 bridgehead atoms. The lowest BCUT2D eigenvalue weighted by molar-refractivity contribution is 0.215. The van der Waals surface area contributed by atoms with Crippen molar-refractivity contribution in [1.29, 1.82) is 0 Å². The van der Waals surface area contributed by atoms with E-state index in [4.69, 9.17) is 14.3 Å². The molecule has 0 saturated heterocycles. The van der Waals surface area contributed by atoms with Gasteiger partial charge in [-0.3, -0.25) is 4.68 Å². The number of aryl methyl sites for hydroxylation is 3. The molecule has 0 aliphatic heterocycles. The largest absolute Gasteiger partial charge is 0.490 e. The van der Waals surface area contributed by atoms with Gasteiger partial charge in [0.2, 0.25) is 5.88 Å². The van der Waals surface area contributed by atoms with E-state index in [2.05, 4.69) is 36.2 Å². The molecule has 0 unspecified atom stereocenters. The molecule has 164 valence electrons. The molecule has 1 aromatic heterocycles. The van der Waals surface area contributed by atoms with E-state index in [1.807, 2.05) is 32.2 Å². The minimum atomic E-state index is 0.622. The van der Waals surface area contributed by atoms with Crippen LogP contribution in [0.3, 0.4) is 0 Å². The predicted octanol–water partition coefficient (Wildman–Crippen LogP) is 5.15. The highest BCUT2D eigenvalue weighted by atomic mass is 16.6. The summed E-state index contributed by atoms with van der Waals surface area (Å²) in [4.78, 5) is 4.70. The second-order valence-electron chi connectivity index (χ2n) is 7.38. The summed E-state index contributed by atoms with van der Waals surface area (Å²) in [6.07, 6.45) is 11.3. The maximum atomic E-state index is 5.78. The van der Waals surface area contributed by atoms with Gasteiger partial charge in [0.15, 0.2) is 0 Å².